The number of carboxylic acids is 1. The Balaban J connectivity index is 2.28. The van der Waals surface area contributed by atoms with Crippen LogP contribution in [0.15, 0.2) is 46.9 Å². The fourth-order valence-corrected chi connectivity index (χ4v) is 2.47. The summed E-state index contributed by atoms with van der Waals surface area (Å²) in [4.78, 5) is 11.3. The first-order chi connectivity index (χ1) is 9.49. The molecule has 0 saturated carbocycles. The molecular weight excluding hydrogens is 325 g/mol. The average Bonchev–Trinajstić information content (AvgIpc) is 2.39. The van der Waals surface area contributed by atoms with Crippen LogP contribution in [0.4, 0.5) is 10.1 Å². The maximum Gasteiger partial charge on any atom is 0.338 e. The van der Waals surface area contributed by atoms with Gasteiger partial charge in [0.05, 0.1) is 11.3 Å². The first-order valence-corrected chi connectivity index (χ1v) is 6.82. The number of halogens is 2. The van der Waals surface area contributed by atoms with Crippen LogP contribution in [0.25, 0.3) is 0 Å². The lowest BCUT2D eigenvalue weighted by Gasteiger charge is -2.18. The molecule has 2 aromatic carbocycles. The van der Waals surface area contributed by atoms with Gasteiger partial charge in [0, 0.05) is 10.5 Å². The van der Waals surface area contributed by atoms with Crippen LogP contribution in [0.2, 0.25) is 0 Å². The van der Waals surface area contributed by atoms with Crippen LogP contribution in [-0.2, 0) is 0 Å². The van der Waals surface area contributed by atoms with Crippen molar-refractivity contribution in [2.75, 3.05) is 5.32 Å². The van der Waals surface area contributed by atoms with Crippen LogP contribution < -0.4 is 5.32 Å². The lowest BCUT2D eigenvalue weighted by atomic mass is 10.1. The molecule has 0 spiro atoms. The number of anilines is 1. The molecule has 5 heteroatoms. The van der Waals surface area contributed by atoms with Crippen molar-refractivity contribution in [3.8, 4) is 0 Å². The molecule has 3 nitrogen and oxygen atoms in total. The topological polar surface area (TPSA) is 49.3 Å². The van der Waals surface area contributed by atoms with E-state index >= 15 is 0 Å². The Morgan fingerprint density at radius 3 is 2.50 bits per heavy atom. The highest BCUT2D eigenvalue weighted by molar-refractivity contribution is 9.10. The number of hydrogen-bond donors (Lipinski definition) is 2. The molecule has 0 aliphatic rings. The van der Waals surface area contributed by atoms with Crippen molar-refractivity contribution >= 4 is 27.6 Å². The molecule has 20 heavy (non-hydrogen) atoms. The summed E-state index contributed by atoms with van der Waals surface area (Å²) in [6, 6.07) is 11.1. The number of aromatic carboxylic acids is 1. The van der Waals surface area contributed by atoms with Crippen molar-refractivity contribution in [3.63, 3.8) is 0 Å². The van der Waals surface area contributed by atoms with Gasteiger partial charge >= 0.3 is 5.97 Å². The molecule has 0 aromatic heterocycles. The smallest absolute Gasteiger partial charge is 0.338 e. The molecule has 0 fully saturated rings. The van der Waals surface area contributed by atoms with Gasteiger partial charge in [-0.05, 0) is 52.7 Å². The van der Waals surface area contributed by atoms with Gasteiger partial charge in [-0.15, -0.1) is 0 Å². The maximum atomic E-state index is 12.9. The second-order valence-corrected chi connectivity index (χ2v) is 5.24. The highest BCUT2D eigenvalue weighted by Crippen LogP contribution is 2.28. The van der Waals surface area contributed by atoms with Crippen molar-refractivity contribution in [2.45, 2.75) is 13.0 Å². The van der Waals surface area contributed by atoms with E-state index in [0.717, 1.165) is 5.56 Å². The van der Waals surface area contributed by atoms with Gasteiger partial charge in [-0.25, -0.2) is 9.18 Å². The summed E-state index contributed by atoms with van der Waals surface area (Å²) < 4.78 is 13.4. The monoisotopic (exact) mass is 337 g/mol. The third-order valence-corrected chi connectivity index (χ3v) is 3.63. The van der Waals surface area contributed by atoms with Gasteiger partial charge in [-0.2, -0.15) is 0 Å². The third kappa shape index (κ3) is 3.17. The van der Waals surface area contributed by atoms with Gasteiger partial charge in [0.1, 0.15) is 5.82 Å². The van der Waals surface area contributed by atoms with E-state index in [9.17, 15) is 14.3 Å². The number of carboxylic acid groups (broad SMARTS) is 1. The van der Waals surface area contributed by atoms with Gasteiger partial charge < -0.3 is 10.4 Å². The van der Waals surface area contributed by atoms with Gasteiger partial charge in [-0.1, -0.05) is 18.2 Å². The largest absolute Gasteiger partial charge is 0.478 e. The van der Waals surface area contributed by atoms with Crippen molar-refractivity contribution < 1.29 is 14.3 Å². The third-order valence-electron chi connectivity index (χ3n) is 2.97. The summed E-state index contributed by atoms with van der Waals surface area (Å²) in [6.07, 6.45) is 0. The Morgan fingerprint density at radius 1 is 1.25 bits per heavy atom. The van der Waals surface area contributed by atoms with Gasteiger partial charge in [0.15, 0.2) is 0 Å². The van der Waals surface area contributed by atoms with E-state index in [1.807, 2.05) is 6.92 Å². The van der Waals surface area contributed by atoms with E-state index in [1.54, 1.807) is 30.3 Å². The highest BCUT2D eigenvalue weighted by Gasteiger charge is 2.16. The highest BCUT2D eigenvalue weighted by atomic mass is 79.9. The molecule has 0 heterocycles. The van der Waals surface area contributed by atoms with E-state index in [2.05, 4.69) is 21.2 Å². The predicted octanol–water partition coefficient (Wildman–Crippen LogP) is 4.46. The number of nitrogens with one attached hydrogen (secondary N) is 1. The molecular formula is C15H13BrFNO2. The summed E-state index contributed by atoms with van der Waals surface area (Å²) in [6.45, 7) is 1.89. The van der Waals surface area contributed by atoms with E-state index in [-0.39, 0.29) is 17.4 Å². The minimum absolute atomic E-state index is 0.136. The fourth-order valence-electron chi connectivity index (χ4n) is 1.93. The van der Waals surface area contributed by atoms with Crippen molar-refractivity contribution in [2.24, 2.45) is 0 Å². The number of carbonyl (C=O) groups is 1. The van der Waals surface area contributed by atoms with Crippen LogP contribution in [0.3, 0.4) is 0 Å². The van der Waals surface area contributed by atoms with Gasteiger partial charge in [-0.3, -0.25) is 0 Å². The molecule has 0 aliphatic heterocycles. The Labute approximate surface area is 124 Å². The molecule has 104 valence electrons. The predicted molar refractivity (Wildman–Crippen MR) is 79.5 cm³/mol. The summed E-state index contributed by atoms with van der Waals surface area (Å²) >= 11 is 3.23. The van der Waals surface area contributed by atoms with Crippen LogP contribution in [-0.4, -0.2) is 11.1 Å². The zero-order valence-corrected chi connectivity index (χ0v) is 12.3. The zero-order valence-electron chi connectivity index (χ0n) is 10.7. The number of benzene rings is 2. The normalized spacial score (nSPS) is 11.9. The van der Waals surface area contributed by atoms with Crippen molar-refractivity contribution in [1.82, 2.24) is 0 Å². The van der Waals surface area contributed by atoms with Crippen molar-refractivity contribution in [3.05, 3.63) is 63.9 Å². The first-order valence-electron chi connectivity index (χ1n) is 6.03. The standard InChI is InChI=1S/C15H13BrFNO2/c1-9(10-5-7-11(17)8-6-10)18-13-4-2-3-12(16)14(13)15(19)20/h2-9,18H,1H3,(H,19,20). The zero-order chi connectivity index (χ0) is 14.7. The number of hydrogen-bond acceptors (Lipinski definition) is 2. The second-order valence-electron chi connectivity index (χ2n) is 4.39. The minimum atomic E-state index is -1.01. The van der Waals surface area contributed by atoms with Crippen LogP contribution in [0.1, 0.15) is 28.9 Å². The summed E-state index contributed by atoms with van der Waals surface area (Å²) in [5, 5.41) is 12.4. The molecule has 1 atom stereocenters. The van der Waals surface area contributed by atoms with E-state index in [1.165, 1.54) is 12.1 Å². The lowest BCUT2D eigenvalue weighted by molar-refractivity contribution is 0.0697. The quantitative estimate of drug-likeness (QED) is 0.865. The molecule has 2 N–H and O–H groups in total. The first kappa shape index (κ1) is 14.5. The molecule has 0 aliphatic carbocycles. The molecule has 2 aromatic rings. The Morgan fingerprint density at radius 2 is 1.90 bits per heavy atom. The minimum Gasteiger partial charge on any atom is -0.478 e. The maximum absolute atomic E-state index is 12.9. The fraction of sp³-hybridized carbons (Fsp3) is 0.133. The van der Waals surface area contributed by atoms with Crippen LogP contribution in [0.5, 0.6) is 0 Å². The van der Waals surface area contributed by atoms with Crippen molar-refractivity contribution in [1.29, 1.82) is 0 Å². The Kier molecular flexibility index (Phi) is 4.39. The summed E-state index contributed by atoms with van der Waals surface area (Å²) in [7, 11) is 0. The molecule has 0 amide bonds. The number of rotatable bonds is 4. The lowest BCUT2D eigenvalue weighted by Crippen LogP contribution is -2.11. The van der Waals surface area contributed by atoms with E-state index < -0.39 is 5.97 Å². The summed E-state index contributed by atoms with van der Waals surface area (Å²) in [5.74, 6) is -1.30. The average molecular weight is 338 g/mol. The van der Waals surface area contributed by atoms with Gasteiger partial charge in [0.2, 0.25) is 0 Å². The second kappa shape index (κ2) is 6.05. The molecule has 1 unspecified atom stereocenters. The molecule has 0 bridgehead atoms. The van der Waals surface area contributed by atoms with Crippen LogP contribution >= 0.6 is 15.9 Å². The SMILES string of the molecule is CC(Nc1cccc(Br)c1C(=O)O)c1ccc(F)cc1. The Bertz CT molecular complexity index is 628. The van der Waals surface area contributed by atoms with Gasteiger partial charge in [0.25, 0.3) is 0 Å². The molecule has 2 rings (SSSR count). The molecule has 0 saturated heterocycles. The van der Waals surface area contributed by atoms with E-state index in [4.69, 9.17) is 0 Å². The molecule has 0 radical (unpaired) electrons. The summed E-state index contributed by atoms with van der Waals surface area (Å²) in [5.41, 5.74) is 1.58. The van der Waals surface area contributed by atoms with E-state index in [0.29, 0.717) is 10.2 Å². The Hall–Kier alpha value is -1.88. The van der Waals surface area contributed by atoms with Crippen LogP contribution in [0, 0.1) is 5.82 Å².